The van der Waals surface area contributed by atoms with Crippen LogP contribution in [0.5, 0.6) is 0 Å². The van der Waals surface area contributed by atoms with Gasteiger partial charge in [0.2, 0.25) is 0 Å². The van der Waals surface area contributed by atoms with E-state index in [0.29, 0.717) is 6.54 Å². The zero-order valence-corrected chi connectivity index (χ0v) is 17.5. The maximum absolute atomic E-state index is 13.0. The maximum atomic E-state index is 13.0. The molecule has 1 atom stereocenters. The number of piperazine rings is 1. The van der Waals surface area contributed by atoms with Gasteiger partial charge in [-0.3, -0.25) is 4.79 Å². The summed E-state index contributed by atoms with van der Waals surface area (Å²) in [6.07, 6.45) is 2.05. The van der Waals surface area contributed by atoms with Crippen molar-refractivity contribution in [2.24, 2.45) is 0 Å². The van der Waals surface area contributed by atoms with Crippen molar-refractivity contribution in [3.8, 4) is 0 Å². The molecular formula is C22H34N4O2. The van der Waals surface area contributed by atoms with Gasteiger partial charge in [-0.25, -0.2) is 4.79 Å². The molecule has 1 aromatic carbocycles. The van der Waals surface area contributed by atoms with Crippen molar-refractivity contribution in [1.29, 1.82) is 0 Å². The van der Waals surface area contributed by atoms with Crippen LogP contribution in [-0.2, 0) is 0 Å². The van der Waals surface area contributed by atoms with Crippen molar-refractivity contribution >= 4 is 11.9 Å². The van der Waals surface area contributed by atoms with Gasteiger partial charge in [-0.05, 0) is 50.9 Å². The van der Waals surface area contributed by atoms with Crippen molar-refractivity contribution in [2.45, 2.75) is 45.6 Å². The highest BCUT2D eigenvalue weighted by molar-refractivity contribution is 5.94. The Kier molecular flexibility index (Phi) is 6.94. The quantitative estimate of drug-likeness (QED) is 0.866. The van der Waals surface area contributed by atoms with Crippen molar-refractivity contribution in [3.05, 3.63) is 35.4 Å². The normalized spacial score (nSPS) is 21.1. The first kappa shape index (κ1) is 20.6. The highest BCUT2D eigenvalue weighted by Crippen LogP contribution is 2.28. The van der Waals surface area contributed by atoms with Crippen LogP contribution >= 0.6 is 0 Å². The van der Waals surface area contributed by atoms with Crippen LogP contribution in [0.2, 0.25) is 0 Å². The van der Waals surface area contributed by atoms with Gasteiger partial charge in [0.05, 0.1) is 0 Å². The number of hydrogen-bond donors (Lipinski definition) is 1. The molecule has 28 heavy (non-hydrogen) atoms. The molecule has 0 bridgehead atoms. The minimum atomic E-state index is 0.0146. The molecule has 1 aromatic rings. The summed E-state index contributed by atoms with van der Waals surface area (Å²) in [6.45, 7) is 12.2. The number of likely N-dealkylation sites (N-methyl/N-ethyl adjacent to an activating group) is 1. The van der Waals surface area contributed by atoms with Gasteiger partial charge >= 0.3 is 6.03 Å². The molecule has 2 aliphatic rings. The summed E-state index contributed by atoms with van der Waals surface area (Å²) in [4.78, 5) is 31.6. The second-order valence-corrected chi connectivity index (χ2v) is 8.24. The van der Waals surface area contributed by atoms with Crippen LogP contribution in [0.1, 0.15) is 55.5 Å². The van der Waals surface area contributed by atoms with Crippen LogP contribution in [0, 0.1) is 0 Å². The molecule has 2 saturated heterocycles. The van der Waals surface area contributed by atoms with E-state index < -0.39 is 0 Å². The molecule has 0 unspecified atom stereocenters. The number of piperidine rings is 1. The second-order valence-electron chi connectivity index (χ2n) is 8.24. The summed E-state index contributed by atoms with van der Waals surface area (Å²) >= 11 is 0. The third-order valence-corrected chi connectivity index (χ3v) is 5.83. The van der Waals surface area contributed by atoms with E-state index >= 15 is 0 Å². The van der Waals surface area contributed by atoms with Gasteiger partial charge < -0.3 is 20.0 Å². The largest absolute Gasteiger partial charge is 0.336 e. The van der Waals surface area contributed by atoms with Gasteiger partial charge in [-0.15, -0.1) is 0 Å². The lowest BCUT2D eigenvalue weighted by atomic mass is 9.89. The van der Waals surface area contributed by atoms with Crippen molar-refractivity contribution in [3.63, 3.8) is 0 Å². The molecule has 2 aliphatic heterocycles. The number of rotatable bonds is 4. The van der Waals surface area contributed by atoms with Crippen molar-refractivity contribution in [1.82, 2.24) is 20.0 Å². The molecule has 1 N–H and O–H groups in total. The zero-order valence-electron chi connectivity index (χ0n) is 17.5. The van der Waals surface area contributed by atoms with E-state index in [-0.39, 0.29) is 23.9 Å². The number of urea groups is 1. The molecule has 2 fully saturated rings. The van der Waals surface area contributed by atoms with Crippen molar-refractivity contribution < 1.29 is 9.59 Å². The average Bonchev–Trinajstić information content (AvgIpc) is 2.73. The SMILES string of the molecule is CCN1CCN(C(=O)c2cccc([C@@H]3CCCN(C(=O)NC(C)C)C3)c2)CC1. The fourth-order valence-electron chi connectivity index (χ4n) is 4.15. The number of nitrogens with zero attached hydrogens (tertiary/aromatic N) is 3. The fourth-order valence-corrected chi connectivity index (χ4v) is 4.15. The molecule has 0 saturated carbocycles. The topological polar surface area (TPSA) is 55.9 Å². The van der Waals surface area contributed by atoms with Crippen LogP contribution in [0.3, 0.4) is 0 Å². The highest BCUT2D eigenvalue weighted by Gasteiger charge is 2.26. The lowest BCUT2D eigenvalue weighted by Gasteiger charge is -2.35. The Morgan fingerprint density at radius 1 is 1.11 bits per heavy atom. The van der Waals surface area contributed by atoms with Crippen molar-refractivity contribution in [2.75, 3.05) is 45.8 Å². The van der Waals surface area contributed by atoms with E-state index in [1.54, 1.807) is 0 Å². The Morgan fingerprint density at radius 2 is 1.86 bits per heavy atom. The fraction of sp³-hybridized carbons (Fsp3) is 0.636. The molecule has 3 rings (SSSR count). The monoisotopic (exact) mass is 386 g/mol. The molecule has 0 spiro atoms. The molecule has 6 nitrogen and oxygen atoms in total. The first-order valence-corrected chi connectivity index (χ1v) is 10.6. The lowest BCUT2D eigenvalue weighted by Crippen LogP contribution is -2.48. The number of amides is 3. The van der Waals surface area contributed by atoms with E-state index in [1.165, 1.54) is 5.56 Å². The van der Waals surface area contributed by atoms with Gasteiger partial charge in [-0.2, -0.15) is 0 Å². The van der Waals surface area contributed by atoms with E-state index in [0.717, 1.165) is 57.7 Å². The van der Waals surface area contributed by atoms with Crippen LogP contribution in [0.15, 0.2) is 24.3 Å². The van der Waals surface area contributed by atoms with E-state index in [1.807, 2.05) is 41.8 Å². The summed E-state index contributed by atoms with van der Waals surface area (Å²) < 4.78 is 0. The Hall–Kier alpha value is -2.08. The Balaban J connectivity index is 1.65. The smallest absolute Gasteiger partial charge is 0.317 e. The van der Waals surface area contributed by atoms with E-state index in [2.05, 4.69) is 23.2 Å². The van der Waals surface area contributed by atoms with Crippen LogP contribution in [0.4, 0.5) is 4.79 Å². The summed E-state index contributed by atoms with van der Waals surface area (Å²) in [5.41, 5.74) is 1.94. The van der Waals surface area contributed by atoms with Crippen LogP contribution in [-0.4, -0.2) is 78.5 Å². The third kappa shape index (κ3) is 5.04. The number of nitrogens with one attached hydrogen (secondary N) is 1. The predicted molar refractivity (Wildman–Crippen MR) is 112 cm³/mol. The lowest BCUT2D eigenvalue weighted by molar-refractivity contribution is 0.0643. The molecule has 0 aromatic heterocycles. The first-order chi connectivity index (χ1) is 13.5. The standard InChI is InChI=1S/C22H34N4O2/c1-4-24-11-13-25(14-12-24)21(27)19-8-5-7-18(15-19)20-9-6-10-26(16-20)22(28)23-17(2)3/h5,7-8,15,17,20H,4,6,9-14,16H2,1-3H3,(H,23,28)/t20-/m1/s1. The number of hydrogen-bond acceptors (Lipinski definition) is 3. The summed E-state index contributed by atoms with van der Waals surface area (Å²) in [7, 11) is 0. The molecule has 0 aliphatic carbocycles. The Morgan fingerprint density at radius 3 is 2.54 bits per heavy atom. The Bertz CT molecular complexity index is 683. The number of carbonyl (C=O) groups excluding carboxylic acids is 2. The van der Waals surface area contributed by atoms with Gasteiger partial charge in [0.15, 0.2) is 0 Å². The molecule has 3 amide bonds. The van der Waals surface area contributed by atoms with E-state index in [4.69, 9.17) is 0 Å². The number of carbonyl (C=O) groups is 2. The molecule has 2 heterocycles. The molecule has 6 heteroatoms. The maximum Gasteiger partial charge on any atom is 0.317 e. The summed E-state index contributed by atoms with van der Waals surface area (Å²) in [5.74, 6) is 0.416. The Labute approximate surface area is 168 Å². The predicted octanol–water partition coefficient (Wildman–Crippen LogP) is 2.76. The molecular weight excluding hydrogens is 352 g/mol. The minimum absolute atomic E-state index is 0.0146. The van der Waals surface area contributed by atoms with Gasteiger partial charge in [0, 0.05) is 56.8 Å². The first-order valence-electron chi connectivity index (χ1n) is 10.6. The highest BCUT2D eigenvalue weighted by atomic mass is 16.2. The van der Waals surface area contributed by atoms with Crippen LogP contribution < -0.4 is 5.32 Å². The second kappa shape index (κ2) is 9.41. The number of benzene rings is 1. The summed E-state index contributed by atoms with van der Waals surface area (Å²) in [5, 5.41) is 2.99. The van der Waals surface area contributed by atoms with Crippen LogP contribution in [0.25, 0.3) is 0 Å². The van der Waals surface area contributed by atoms with Gasteiger partial charge in [0.25, 0.3) is 5.91 Å². The zero-order chi connectivity index (χ0) is 20.1. The average molecular weight is 387 g/mol. The van der Waals surface area contributed by atoms with Gasteiger partial charge in [0.1, 0.15) is 0 Å². The number of likely N-dealkylation sites (tertiary alicyclic amines) is 1. The minimum Gasteiger partial charge on any atom is -0.336 e. The molecule has 154 valence electrons. The summed E-state index contributed by atoms with van der Waals surface area (Å²) in [6, 6.07) is 8.20. The van der Waals surface area contributed by atoms with E-state index in [9.17, 15) is 9.59 Å². The third-order valence-electron chi connectivity index (χ3n) is 5.83. The molecule has 0 radical (unpaired) electrons. The van der Waals surface area contributed by atoms with Gasteiger partial charge in [-0.1, -0.05) is 19.1 Å².